The predicted molar refractivity (Wildman–Crippen MR) is 63.4 cm³/mol. The van der Waals surface area contributed by atoms with E-state index in [1.54, 1.807) is 14.0 Å². The van der Waals surface area contributed by atoms with Gasteiger partial charge in [0.1, 0.15) is 5.82 Å². The third-order valence-corrected chi connectivity index (χ3v) is 4.27. The molecule has 0 amide bonds. The van der Waals surface area contributed by atoms with Gasteiger partial charge in [0, 0.05) is 25.7 Å². The van der Waals surface area contributed by atoms with Gasteiger partial charge in [0.15, 0.2) is 5.03 Å². The summed E-state index contributed by atoms with van der Waals surface area (Å²) in [7, 11) is -2.40. The van der Waals surface area contributed by atoms with Crippen molar-refractivity contribution >= 4 is 21.6 Å². The van der Waals surface area contributed by atoms with Gasteiger partial charge in [0.25, 0.3) is 16.4 Å². The summed E-state index contributed by atoms with van der Waals surface area (Å²) in [6, 6.07) is 0. The van der Waals surface area contributed by atoms with Gasteiger partial charge in [-0.3, -0.25) is 0 Å². The van der Waals surface area contributed by atoms with Gasteiger partial charge in [-0.1, -0.05) is 0 Å². The number of nitrogens with zero attached hydrogens (tertiary/aromatic N) is 3. The fourth-order valence-electron chi connectivity index (χ4n) is 1.34. The van der Waals surface area contributed by atoms with Crippen molar-refractivity contribution in [3.63, 3.8) is 0 Å². The van der Waals surface area contributed by atoms with Gasteiger partial charge < -0.3 is 4.57 Å². The maximum atomic E-state index is 12.4. The van der Waals surface area contributed by atoms with E-state index in [1.807, 2.05) is 0 Å². The van der Waals surface area contributed by atoms with Crippen molar-refractivity contribution in [2.24, 2.45) is 7.05 Å². The second kappa shape index (κ2) is 5.94. The van der Waals surface area contributed by atoms with Crippen LogP contribution in [0.1, 0.15) is 5.82 Å². The van der Waals surface area contributed by atoms with E-state index >= 15 is 0 Å². The Kier molecular flexibility index (Phi) is 5.06. The molecule has 0 N–H and O–H groups in total. The van der Waals surface area contributed by atoms with Crippen LogP contribution in [-0.2, 0) is 17.1 Å². The lowest BCUT2D eigenvalue weighted by molar-refractivity contribution is 0.121. The van der Waals surface area contributed by atoms with Crippen LogP contribution in [0.3, 0.4) is 0 Å². The van der Waals surface area contributed by atoms with Crippen molar-refractivity contribution in [1.82, 2.24) is 13.9 Å². The Hall–Kier alpha value is -0.730. The number of hydrogen-bond acceptors (Lipinski definition) is 3. The van der Waals surface area contributed by atoms with E-state index in [-0.39, 0.29) is 17.5 Å². The molecule has 0 aromatic carbocycles. The Balaban J connectivity index is 3.08. The number of rotatable bonds is 6. The minimum absolute atomic E-state index is 0.0578. The van der Waals surface area contributed by atoms with Gasteiger partial charge in [-0.25, -0.2) is 22.2 Å². The smallest absolute Gasteiger partial charge is 0.262 e. The first-order valence-electron chi connectivity index (χ1n) is 5.13. The van der Waals surface area contributed by atoms with Crippen LogP contribution in [0.25, 0.3) is 0 Å². The molecule has 1 aromatic heterocycles. The molecule has 0 fully saturated rings. The molecule has 0 saturated carbocycles. The molecule has 5 nitrogen and oxygen atoms in total. The molecule has 0 aliphatic heterocycles. The highest BCUT2D eigenvalue weighted by Crippen LogP contribution is 2.16. The van der Waals surface area contributed by atoms with Crippen LogP contribution in [0.2, 0.25) is 0 Å². The molecule has 9 heteroatoms. The number of halogens is 3. The molecule has 104 valence electrons. The molecule has 18 heavy (non-hydrogen) atoms. The summed E-state index contributed by atoms with van der Waals surface area (Å²) < 4.78 is 51.0. The lowest BCUT2D eigenvalue weighted by Crippen LogP contribution is -2.36. The lowest BCUT2D eigenvalue weighted by atomic mass is 10.6. The summed E-state index contributed by atoms with van der Waals surface area (Å²) in [6.45, 7) is 0.562. The molecule has 0 aliphatic rings. The maximum Gasteiger partial charge on any atom is 0.262 e. The van der Waals surface area contributed by atoms with Crippen molar-refractivity contribution in [1.29, 1.82) is 0 Å². The van der Waals surface area contributed by atoms with Crippen molar-refractivity contribution in [3.05, 3.63) is 12.0 Å². The SMILES string of the molecule is Cc1nc(S(=O)(=O)N(CCCl)CC(F)F)cn1C. The number of aromatic nitrogens is 2. The summed E-state index contributed by atoms with van der Waals surface area (Å²) in [6.07, 6.45) is -1.47. The monoisotopic (exact) mass is 301 g/mol. The zero-order valence-corrected chi connectivity index (χ0v) is 11.5. The number of hydrogen-bond donors (Lipinski definition) is 0. The van der Waals surface area contributed by atoms with Crippen molar-refractivity contribution in [2.45, 2.75) is 18.4 Å². The molecular weight excluding hydrogens is 288 g/mol. The first kappa shape index (κ1) is 15.3. The van der Waals surface area contributed by atoms with Crippen molar-refractivity contribution < 1.29 is 17.2 Å². The summed E-state index contributed by atoms with van der Waals surface area (Å²) in [5.41, 5.74) is 0. The largest absolute Gasteiger partial charge is 0.337 e. The van der Waals surface area contributed by atoms with Crippen LogP contribution in [0, 0.1) is 6.92 Å². The lowest BCUT2D eigenvalue weighted by Gasteiger charge is -2.19. The standard InChI is InChI=1S/C9H14ClF2N3O2S/c1-7-13-9(6-14(7)2)18(16,17)15(4-3-10)5-8(11)12/h6,8H,3-5H2,1-2H3. The summed E-state index contributed by atoms with van der Waals surface area (Å²) >= 11 is 5.43. The van der Waals surface area contributed by atoms with Gasteiger partial charge in [-0.15, -0.1) is 11.6 Å². The Morgan fingerprint density at radius 2 is 2.17 bits per heavy atom. The van der Waals surface area contributed by atoms with E-state index in [9.17, 15) is 17.2 Å². The van der Waals surface area contributed by atoms with Gasteiger partial charge in [0.2, 0.25) is 0 Å². The number of alkyl halides is 3. The average Bonchev–Trinajstić information content (AvgIpc) is 2.59. The first-order chi connectivity index (χ1) is 8.28. The molecule has 1 aromatic rings. The van der Waals surface area contributed by atoms with Crippen molar-refractivity contribution in [3.8, 4) is 0 Å². The highest BCUT2D eigenvalue weighted by Gasteiger charge is 2.29. The topological polar surface area (TPSA) is 55.2 Å². The fourth-order valence-corrected chi connectivity index (χ4v) is 3.09. The average molecular weight is 302 g/mol. The van der Waals surface area contributed by atoms with Gasteiger partial charge in [-0.2, -0.15) is 4.31 Å². The van der Waals surface area contributed by atoms with E-state index in [4.69, 9.17) is 11.6 Å². The second-order valence-corrected chi connectivity index (χ2v) is 5.94. The number of sulfonamides is 1. The molecule has 1 heterocycles. The molecule has 1 rings (SSSR count). The summed E-state index contributed by atoms with van der Waals surface area (Å²) in [4.78, 5) is 3.84. The Morgan fingerprint density at radius 3 is 2.56 bits per heavy atom. The van der Waals surface area contributed by atoms with Crippen LogP contribution in [0.4, 0.5) is 8.78 Å². The molecule has 0 unspecified atom stereocenters. The van der Waals surface area contributed by atoms with Crippen LogP contribution >= 0.6 is 11.6 Å². The van der Waals surface area contributed by atoms with Gasteiger partial charge in [0.05, 0.1) is 6.54 Å². The van der Waals surface area contributed by atoms with Crippen LogP contribution in [0.15, 0.2) is 11.2 Å². The highest BCUT2D eigenvalue weighted by molar-refractivity contribution is 7.89. The van der Waals surface area contributed by atoms with E-state index in [0.29, 0.717) is 10.1 Å². The second-order valence-electron chi connectivity index (χ2n) is 3.68. The molecule has 0 radical (unpaired) electrons. The minimum atomic E-state index is -4.02. The van der Waals surface area contributed by atoms with E-state index in [1.165, 1.54) is 10.8 Å². The Labute approximate surface area is 109 Å². The molecule has 0 atom stereocenters. The quantitative estimate of drug-likeness (QED) is 0.743. The van der Waals surface area contributed by atoms with Gasteiger partial charge >= 0.3 is 0 Å². The maximum absolute atomic E-state index is 12.4. The van der Waals surface area contributed by atoms with Crippen LogP contribution in [-0.4, -0.2) is 47.7 Å². The zero-order chi connectivity index (χ0) is 13.9. The van der Waals surface area contributed by atoms with Gasteiger partial charge in [-0.05, 0) is 6.92 Å². The van der Waals surface area contributed by atoms with E-state index in [0.717, 1.165) is 0 Å². The highest BCUT2D eigenvalue weighted by atomic mass is 35.5. The molecule has 0 saturated heterocycles. The number of aryl methyl sites for hydroxylation is 2. The van der Waals surface area contributed by atoms with Crippen molar-refractivity contribution in [2.75, 3.05) is 19.0 Å². The minimum Gasteiger partial charge on any atom is -0.337 e. The number of imidazole rings is 1. The Morgan fingerprint density at radius 1 is 1.56 bits per heavy atom. The molecular formula is C9H14ClF2N3O2S. The fraction of sp³-hybridized carbons (Fsp3) is 0.667. The third-order valence-electron chi connectivity index (χ3n) is 2.37. The third kappa shape index (κ3) is 3.39. The summed E-state index contributed by atoms with van der Waals surface area (Å²) in [5, 5.41) is -0.242. The molecule has 0 spiro atoms. The zero-order valence-electron chi connectivity index (χ0n) is 9.98. The first-order valence-corrected chi connectivity index (χ1v) is 7.10. The molecule has 0 aliphatic carbocycles. The predicted octanol–water partition coefficient (Wildman–Crippen LogP) is 1.22. The van der Waals surface area contributed by atoms with Crippen LogP contribution in [0.5, 0.6) is 0 Å². The normalized spacial score (nSPS) is 12.6. The Bertz CT molecular complexity index is 484. The van der Waals surface area contributed by atoms with E-state index in [2.05, 4.69) is 4.98 Å². The summed E-state index contributed by atoms with van der Waals surface area (Å²) in [5.74, 6) is 0.425. The van der Waals surface area contributed by atoms with E-state index < -0.39 is 23.0 Å². The van der Waals surface area contributed by atoms with Crippen LogP contribution < -0.4 is 0 Å². The molecule has 0 bridgehead atoms.